The lowest BCUT2D eigenvalue weighted by Gasteiger charge is -2.14. The molecule has 0 bridgehead atoms. The number of amides is 1. The minimum atomic E-state index is -1.23. The molecule has 0 saturated carbocycles. The van der Waals surface area contributed by atoms with Crippen molar-refractivity contribution in [3.63, 3.8) is 0 Å². The van der Waals surface area contributed by atoms with Crippen molar-refractivity contribution >= 4 is 12.4 Å². The van der Waals surface area contributed by atoms with Gasteiger partial charge in [-0.05, 0) is 0 Å². The second-order valence-corrected chi connectivity index (χ2v) is 2.47. The number of rotatable bonds is 1. The Bertz CT molecular complexity index is 185. The number of alkyl halides is 1. The molecular weight excluding hydrogens is 153 g/mol. The van der Waals surface area contributed by atoms with E-state index in [2.05, 4.69) is 0 Å². The van der Waals surface area contributed by atoms with E-state index in [1.54, 1.807) is 0 Å². The number of aldehydes is 1. The SMILES string of the molecule is O=CC1CC(F)CN1C(=O)O. The number of hydrogen-bond donors (Lipinski definition) is 1. The topological polar surface area (TPSA) is 57.6 Å². The molecule has 0 radical (unpaired) electrons. The van der Waals surface area contributed by atoms with E-state index in [1.165, 1.54) is 0 Å². The van der Waals surface area contributed by atoms with Crippen molar-refractivity contribution in [3.05, 3.63) is 0 Å². The molecule has 5 heteroatoms. The van der Waals surface area contributed by atoms with E-state index >= 15 is 0 Å². The van der Waals surface area contributed by atoms with Gasteiger partial charge in [-0.2, -0.15) is 0 Å². The lowest BCUT2D eigenvalue weighted by atomic mass is 10.2. The summed E-state index contributed by atoms with van der Waals surface area (Å²) in [6.45, 7) is -0.182. The Morgan fingerprint density at radius 3 is 2.73 bits per heavy atom. The fourth-order valence-corrected chi connectivity index (χ4v) is 1.16. The molecule has 11 heavy (non-hydrogen) atoms. The Hall–Kier alpha value is -1.13. The minimum absolute atomic E-state index is 0.00417. The van der Waals surface area contributed by atoms with Crippen LogP contribution in [0.3, 0.4) is 0 Å². The molecule has 1 aliphatic heterocycles. The van der Waals surface area contributed by atoms with Crippen LogP contribution in [-0.4, -0.2) is 41.1 Å². The molecule has 2 atom stereocenters. The van der Waals surface area contributed by atoms with Crippen LogP contribution in [0.5, 0.6) is 0 Å². The largest absolute Gasteiger partial charge is 0.465 e. The lowest BCUT2D eigenvalue weighted by Crippen LogP contribution is -2.35. The first kappa shape index (κ1) is 7.97. The van der Waals surface area contributed by atoms with Crippen molar-refractivity contribution in [2.24, 2.45) is 0 Å². The average Bonchev–Trinajstić information content (AvgIpc) is 2.30. The van der Waals surface area contributed by atoms with Crippen LogP contribution in [-0.2, 0) is 4.79 Å². The highest BCUT2D eigenvalue weighted by Crippen LogP contribution is 2.18. The molecule has 0 aliphatic carbocycles. The summed E-state index contributed by atoms with van der Waals surface area (Å²) in [6, 6.07) is -0.789. The van der Waals surface area contributed by atoms with Gasteiger partial charge in [0.2, 0.25) is 0 Å². The highest BCUT2D eigenvalue weighted by molar-refractivity contribution is 5.72. The smallest absolute Gasteiger partial charge is 0.408 e. The van der Waals surface area contributed by atoms with Crippen LogP contribution in [0.15, 0.2) is 0 Å². The van der Waals surface area contributed by atoms with E-state index in [0.29, 0.717) is 6.29 Å². The van der Waals surface area contributed by atoms with E-state index in [1.807, 2.05) is 0 Å². The van der Waals surface area contributed by atoms with Gasteiger partial charge in [0, 0.05) is 6.42 Å². The van der Waals surface area contributed by atoms with E-state index in [9.17, 15) is 14.0 Å². The lowest BCUT2D eigenvalue weighted by molar-refractivity contribution is -0.111. The summed E-state index contributed by atoms with van der Waals surface area (Å²) in [5.41, 5.74) is 0. The third-order valence-electron chi connectivity index (χ3n) is 1.70. The second kappa shape index (κ2) is 2.86. The van der Waals surface area contributed by atoms with Gasteiger partial charge in [0.15, 0.2) is 0 Å². The zero-order chi connectivity index (χ0) is 8.43. The third-order valence-corrected chi connectivity index (χ3v) is 1.70. The molecule has 0 aromatic heterocycles. The molecule has 1 amide bonds. The standard InChI is InChI=1S/C6H8FNO3/c7-4-1-5(3-9)8(2-4)6(10)11/h3-5H,1-2H2,(H,10,11). The first-order valence-corrected chi connectivity index (χ1v) is 3.24. The predicted octanol–water partition coefficient (Wildman–Crippen LogP) is 0.276. The average molecular weight is 161 g/mol. The summed E-state index contributed by atoms with van der Waals surface area (Å²) in [7, 11) is 0. The van der Waals surface area contributed by atoms with Crippen LogP contribution in [0, 0.1) is 0 Å². The number of carboxylic acid groups (broad SMARTS) is 1. The summed E-state index contributed by atoms with van der Waals surface area (Å²) in [6.07, 6.45) is -1.97. The number of likely N-dealkylation sites (tertiary alicyclic amines) is 1. The van der Waals surface area contributed by atoms with Crippen molar-refractivity contribution in [1.82, 2.24) is 4.90 Å². The van der Waals surface area contributed by atoms with Gasteiger partial charge in [-0.25, -0.2) is 9.18 Å². The number of nitrogens with zero attached hydrogens (tertiary/aromatic N) is 1. The molecule has 1 heterocycles. The van der Waals surface area contributed by atoms with Crippen molar-refractivity contribution in [3.8, 4) is 0 Å². The zero-order valence-corrected chi connectivity index (χ0v) is 5.74. The van der Waals surface area contributed by atoms with E-state index in [0.717, 1.165) is 4.90 Å². The number of carbonyl (C=O) groups is 2. The Morgan fingerprint density at radius 1 is 1.73 bits per heavy atom. The molecule has 0 aromatic carbocycles. The van der Waals surface area contributed by atoms with Crippen LogP contribution >= 0.6 is 0 Å². The van der Waals surface area contributed by atoms with Gasteiger partial charge in [0.05, 0.1) is 12.6 Å². The van der Waals surface area contributed by atoms with Crippen molar-refractivity contribution in [2.45, 2.75) is 18.6 Å². The van der Waals surface area contributed by atoms with Crippen molar-refractivity contribution in [2.75, 3.05) is 6.54 Å². The number of carbonyl (C=O) groups excluding carboxylic acids is 1. The summed E-state index contributed by atoms with van der Waals surface area (Å²) in [5, 5.41) is 8.43. The minimum Gasteiger partial charge on any atom is -0.465 e. The van der Waals surface area contributed by atoms with Crippen LogP contribution in [0.2, 0.25) is 0 Å². The Labute approximate surface area is 62.6 Å². The quantitative estimate of drug-likeness (QED) is 0.562. The highest BCUT2D eigenvalue weighted by Gasteiger charge is 2.34. The van der Waals surface area contributed by atoms with Gasteiger partial charge in [0.25, 0.3) is 0 Å². The molecule has 1 fully saturated rings. The van der Waals surface area contributed by atoms with Crippen LogP contribution in [0.1, 0.15) is 6.42 Å². The van der Waals surface area contributed by atoms with Gasteiger partial charge in [-0.3, -0.25) is 4.90 Å². The molecule has 1 aliphatic rings. The predicted molar refractivity (Wildman–Crippen MR) is 34.1 cm³/mol. The van der Waals surface area contributed by atoms with Gasteiger partial charge >= 0.3 is 6.09 Å². The van der Waals surface area contributed by atoms with Crippen molar-refractivity contribution in [1.29, 1.82) is 0 Å². The molecule has 4 nitrogen and oxygen atoms in total. The first-order chi connectivity index (χ1) is 5.15. The Morgan fingerprint density at radius 2 is 2.36 bits per heavy atom. The van der Waals surface area contributed by atoms with Crippen LogP contribution in [0.25, 0.3) is 0 Å². The second-order valence-electron chi connectivity index (χ2n) is 2.47. The maximum Gasteiger partial charge on any atom is 0.408 e. The van der Waals surface area contributed by atoms with Gasteiger partial charge in [-0.15, -0.1) is 0 Å². The summed E-state index contributed by atoms with van der Waals surface area (Å²) >= 11 is 0. The maximum atomic E-state index is 12.5. The molecular formula is C6H8FNO3. The number of halogens is 1. The van der Waals surface area contributed by atoms with Gasteiger partial charge in [0.1, 0.15) is 12.5 Å². The molecule has 1 rings (SSSR count). The monoisotopic (exact) mass is 161 g/mol. The van der Waals surface area contributed by atoms with Gasteiger partial charge < -0.3 is 9.90 Å². The molecule has 1 saturated heterocycles. The molecule has 0 spiro atoms. The van der Waals surface area contributed by atoms with Crippen molar-refractivity contribution < 1.29 is 19.1 Å². The fourth-order valence-electron chi connectivity index (χ4n) is 1.16. The van der Waals surface area contributed by atoms with E-state index < -0.39 is 18.3 Å². The number of hydrogen-bond acceptors (Lipinski definition) is 2. The first-order valence-electron chi connectivity index (χ1n) is 3.24. The van der Waals surface area contributed by atoms with Gasteiger partial charge in [-0.1, -0.05) is 0 Å². The molecule has 62 valence electrons. The van der Waals surface area contributed by atoms with Crippen LogP contribution in [0.4, 0.5) is 9.18 Å². The zero-order valence-electron chi connectivity index (χ0n) is 5.74. The fraction of sp³-hybridized carbons (Fsp3) is 0.667. The summed E-state index contributed by atoms with van der Waals surface area (Å²) < 4.78 is 12.5. The Kier molecular flexibility index (Phi) is 2.07. The van der Waals surface area contributed by atoms with E-state index in [4.69, 9.17) is 5.11 Å². The summed E-state index contributed by atoms with van der Waals surface area (Å²) in [4.78, 5) is 21.3. The maximum absolute atomic E-state index is 12.5. The highest BCUT2D eigenvalue weighted by atomic mass is 19.1. The van der Waals surface area contributed by atoms with E-state index in [-0.39, 0.29) is 13.0 Å². The normalized spacial score (nSPS) is 30.5. The van der Waals surface area contributed by atoms with Crippen LogP contribution < -0.4 is 0 Å². The molecule has 2 unspecified atom stereocenters. The molecule has 0 aromatic rings. The summed E-state index contributed by atoms with van der Waals surface area (Å²) in [5.74, 6) is 0. The Balaban J connectivity index is 2.64. The molecule has 1 N–H and O–H groups in total. The third kappa shape index (κ3) is 1.47.